The molecular formula is C13H12ClN3O. The van der Waals surface area contributed by atoms with Gasteiger partial charge in [-0.3, -0.25) is 5.41 Å². The normalized spacial score (nSPS) is 10.1. The first kappa shape index (κ1) is 12.4. The molecule has 2 aromatic rings. The van der Waals surface area contributed by atoms with Gasteiger partial charge in [-0.25, -0.2) is 4.98 Å². The minimum Gasteiger partial charge on any atom is -0.473 e. The molecule has 0 aliphatic heterocycles. The average molecular weight is 262 g/mol. The van der Waals surface area contributed by atoms with Crippen LogP contribution in [-0.4, -0.2) is 10.8 Å². The van der Waals surface area contributed by atoms with Crippen molar-refractivity contribution in [1.29, 1.82) is 5.41 Å². The number of aromatic nitrogens is 1. The maximum absolute atomic E-state index is 7.25. The van der Waals surface area contributed by atoms with Crippen molar-refractivity contribution in [3.63, 3.8) is 0 Å². The third-order valence-corrected chi connectivity index (χ3v) is 2.56. The second-order valence-corrected chi connectivity index (χ2v) is 4.15. The zero-order valence-electron chi connectivity index (χ0n) is 9.56. The van der Waals surface area contributed by atoms with Crippen LogP contribution in [0.2, 0.25) is 5.02 Å². The minimum absolute atomic E-state index is 0.0103. The lowest BCUT2D eigenvalue weighted by atomic mass is 10.2. The summed E-state index contributed by atoms with van der Waals surface area (Å²) >= 11 is 5.87. The number of benzene rings is 1. The first-order valence-corrected chi connectivity index (χ1v) is 5.70. The monoisotopic (exact) mass is 261 g/mol. The topological polar surface area (TPSA) is 72.0 Å². The average Bonchev–Trinajstić information content (AvgIpc) is 2.37. The van der Waals surface area contributed by atoms with Gasteiger partial charge in [-0.2, -0.15) is 0 Å². The fourth-order valence-corrected chi connectivity index (χ4v) is 1.62. The molecule has 1 aromatic carbocycles. The van der Waals surface area contributed by atoms with Crippen LogP contribution < -0.4 is 10.5 Å². The van der Waals surface area contributed by atoms with Crippen LogP contribution >= 0.6 is 11.6 Å². The van der Waals surface area contributed by atoms with Gasteiger partial charge in [0.2, 0.25) is 5.88 Å². The summed E-state index contributed by atoms with van der Waals surface area (Å²) < 4.78 is 5.50. The van der Waals surface area contributed by atoms with Gasteiger partial charge < -0.3 is 10.5 Å². The lowest BCUT2D eigenvalue weighted by Crippen LogP contribution is -2.11. The molecule has 3 N–H and O–H groups in total. The SMILES string of the molecule is N=C(N)c1ccc(OCc2cccc(Cl)c2)nc1. The number of ether oxygens (including phenoxy) is 1. The zero-order valence-corrected chi connectivity index (χ0v) is 10.3. The van der Waals surface area contributed by atoms with Crippen molar-refractivity contribution >= 4 is 17.4 Å². The fraction of sp³-hybridized carbons (Fsp3) is 0.0769. The highest BCUT2D eigenvalue weighted by Gasteiger charge is 2.00. The van der Waals surface area contributed by atoms with Crippen molar-refractivity contribution in [2.24, 2.45) is 5.73 Å². The molecule has 1 aromatic heterocycles. The van der Waals surface area contributed by atoms with E-state index in [-0.39, 0.29) is 5.84 Å². The van der Waals surface area contributed by atoms with Gasteiger partial charge in [0.1, 0.15) is 12.4 Å². The van der Waals surface area contributed by atoms with Crippen molar-refractivity contribution in [1.82, 2.24) is 4.98 Å². The Kier molecular flexibility index (Phi) is 3.79. The smallest absolute Gasteiger partial charge is 0.213 e. The minimum atomic E-state index is -0.0103. The van der Waals surface area contributed by atoms with Gasteiger partial charge in [0.05, 0.1) is 0 Å². The Labute approximate surface area is 110 Å². The van der Waals surface area contributed by atoms with Gasteiger partial charge in [-0.15, -0.1) is 0 Å². The van der Waals surface area contributed by atoms with E-state index in [0.29, 0.717) is 23.1 Å². The highest BCUT2D eigenvalue weighted by Crippen LogP contribution is 2.13. The van der Waals surface area contributed by atoms with Gasteiger partial charge >= 0.3 is 0 Å². The van der Waals surface area contributed by atoms with Gasteiger partial charge in [0.25, 0.3) is 0 Å². The molecule has 0 fully saturated rings. The number of nitrogens with one attached hydrogen (secondary N) is 1. The molecule has 1 heterocycles. The van der Waals surface area contributed by atoms with Crippen molar-refractivity contribution in [2.45, 2.75) is 6.61 Å². The van der Waals surface area contributed by atoms with E-state index in [0.717, 1.165) is 5.56 Å². The molecule has 0 spiro atoms. The summed E-state index contributed by atoms with van der Waals surface area (Å²) in [5, 5.41) is 7.93. The van der Waals surface area contributed by atoms with E-state index in [1.165, 1.54) is 6.20 Å². The number of hydrogen-bond acceptors (Lipinski definition) is 3. The fourth-order valence-electron chi connectivity index (χ4n) is 1.41. The lowest BCUT2D eigenvalue weighted by Gasteiger charge is -2.06. The van der Waals surface area contributed by atoms with Crippen LogP contribution in [0.25, 0.3) is 0 Å². The molecule has 0 bridgehead atoms. The zero-order chi connectivity index (χ0) is 13.0. The molecule has 92 valence electrons. The van der Waals surface area contributed by atoms with E-state index in [9.17, 15) is 0 Å². The summed E-state index contributed by atoms with van der Waals surface area (Å²) in [4.78, 5) is 4.06. The number of amidine groups is 1. The molecule has 4 nitrogen and oxygen atoms in total. The standard InChI is InChI=1S/C13H12ClN3O/c14-11-3-1-2-9(6-11)8-18-12-5-4-10(7-17-12)13(15)16/h1-7H,8H2,(H3,15,16). The van der Waals surface area contributed by atoms with E-state index < -0.39 is 0 Å². The number of halogens is 1. The Morgan fingerprint density at radius 1 is 1.33 bits per heavy atom. The lowest BCUT2D eigenvalue weighted by molar-refractivity contribution is 0.294. The van der Waals surface area contributed by atoms with Crippen LogP contribution in [0, 0.1) is 5.41 Å². The number of nitrogens with two attached hydrogens (primary N) is 1. The van der Waals surface area contributed by atoms with E-state index in [2.05, 4.69) is 4.98 Å². The molecule has 2 rings (SSSR count). The molecule has 0 amide bonds. The summed E-state index contributed by atoms with van der Waals surface area (Å²) in [5.74, 6) is 0.476. The molecule has 0 saturated heterocycles. The number of pyridine rings is 1. The van der Waals surface area contributed by atoms with Crippen LogP contribution in [-0.2, 0) is 6.61 Å². The second kappa shape index (κ2) is 5.51. The van der Waals surface area contributed by atoms with Gasteiger partial charge in [-0.05, 0) is 23.8 Å². The van der Waals surface area contributed by atoms with Crippen molar-refractivity contribution in [3.8, 4) is 5.88 Å². The van der Waals surface area contributed by atoms with Gasteiger partial charge in [-0.1, -0.05) is 23.7 Å². The maximum atomic E-state index is 7.25. The largest absolute Gasteiger partial charge is 0.473 e. The number of rotatable bonds is 4. The Balaban J connectivity index is 2.00. The molecule has 5 heteroatoms. The van der Waals surface area contributed by atoms with Crippen molar-refractivity contribution in [3.05, 3.63) is 58.7 Å². The van der Waals surface area contributed by atoms with Gasteiger partial charge in [0.15, 0.2) is 0 Å². The molecular weight excluding hydrogens is 250 g/mol. The summed E-state index contributed by atoms with van der Waals surface area (Å²) in [5.41, 5.74) is 6.88. The maximum Gasteiger partial charge on any atom is 0.213 e. The van der Waals surface area contributed by atoms with Crippen LogP contribution in [0.4, 0.5) is 0 Å². The van der Waals surface area contributed by atoms with E-state index >= 15 is 0 Å². The van der Waals surface area contributed by atoms with Crippen LogP contribution in [0.15, 0.2) is 42.6 Å². The molecule has 0 radical (unpaired) electrons. The van der Waals surface area contributed by atoms with E-state index in [1.807, 2.05) is 24.3 Å². The molecule has 18 heavy (non-hydrogen) atoms. The van der Waals surface area contributed by atoms with Crippen molar-refractivity contribution in [2.75, 3.05) is 0 Å². The van der Waals surface area contributed by atoms with Crippen LogP contribution in [0.3, 0.4) is 0 Å². The van der Waals surface area contributed by atoms with Crippen molar-refractivity contribution < 1.29 is 4.74 Å². The molecule has 0 aliphatic carbocycles. The number of nitrogen functional groups attached to an aromatic ring is 1. The number of hydrogen-bond donors (Lipinski definition) is 2. The Morgan fingerprint density at radius 3 is 2.78 bits per heavy atom. The third-order valence-electron chi connectivity index (χ3n) is 2.32. The van der Waals surface area contributed by atoms with Crippen LogP contribution in [0.5, 0.6) is 5.88 Å². The first-order valence-electron chi connectivity index (χ1n) is 5.33. The molecule has 0 unspecified atom stereocenters. The van der Waals surface area contributed by atoms with Gasteiger partial charge in [0, 0.05) is 22.8 Å². The van der Waals surface area contributed by atoms with E-state index in [1.54, 1.807) is 12.1 Å². The third kappa shape index (κ3) is 3.21. The van der Waals surface area contributed by atoms with E-state index in [4.69, 9.17) is 27.5 Å². The first-order chi connectivity index (χ1) is 8.65. The molecule has 0 saturated carbocycles. The highest BCUT2D eigenvalue weighted by molar-refractivity contribution is 6.30. The summed E-state index contributed by atoms with van der Waals surface area (Å²) in [6, 6.07) is 10.8. The summed E-state index contributed by atoms with van der Waals surface area (Å²) in [7, 11) is 0. The predicted octanol–water partition coefficient (Wildman–Crippen LogP) is 2.60. The Bertz CT molecular complexity index is 554. The molecule has 0 atom stereocenters. The molecule has 0 aliphatic rings. The quantitative estimate of drug-likeness (QED) is 0.656. The van der Waals surface area contributed by atoms with Crippen LogP contribution in [0.1, 0.15) is 11.1 Å². The Morgan fingerprint density at radius 2 is 2.17 bits per heavy atom. The predicted molar refractivity (Wildman–Crippen MR) is 71.0 cm³/mol. The summed E-state index contributed by atoms with van der Waals surface area (Å²) in [6.45, 7) is 0.396. The highest BCUT2D eigenvalue weighted by atomic mass is 35.5. The second-order valence-electron chi connectivity index (χ2n) is 3.72. The number of nitrogens with zero attached hydrogens (tertiary/aromatic N) is 1. The summed E-state index contributed by atoms with van der Waals surface area (Å²) in [6.07, 6.45) is 1.51. The Hall–Kier alpha value is -2.07.